The summed E-state index contributed by atoms with van der Waals surface area (Å²) in [4.78, 5) is 43.3. The van der Waals surface area contributed by atoms with Gasteiger partial charge in [-0.15, -0.1) is 0 Å². The summed E-state index contributed by atoms with van der Waals surface area (Å²) in [5.41, 5.74) is -4.17. The fraction of sp³-hybridized carbons (Fsp3) is 0.757. The minimum atomic E-state index is -1.70. The number of anilines is 1. The molecule has 5 saturated carbocycles. The average Bonchev–Trinajstić information content (AvgIpc) is 3.63. The van der Waals surface area contributed by atoms with Crippen LogP contribution in [-0.4, -0.2) is 123 Å². The first-order valence-corrected chi connectivity index (χ1v) is 17.9. The van der Waals surface area contributed by atoms with Crippen LogP contribution in [0.15, 0.2) is 24.3 Å². The van der Waals surface area contributed by atoms with Crippen molar-refractivity contribution in [2.75, 3.05) is 53.0 Å². The normalized spacial score (nSPS) is 48.0. The van der Waals surface area contributed by atoms with Crippen molar-refractivity contribution in [3.63, 3.8) is 0 Å². The first-order valence-electron chi connectivity index (χ1n) is 17.9. The summed E-state index contributed by atoms with van der Waals surface area (Å²) in [5.74, 6) is -2.47. The van der Waals surface area contributed by atoms with E-state index >= 15 is 0 Å². The number of esters is 1. The summed E-state index contributed by atoms with van der Waals surface area (Å²) in [6, 6.07) is 6.12. The number of aliphatic hydroxyl groups is 2. The van der Waals surface area contributed by atoms with Gasteiger partial charge in [-0.3, -0.25) is 14.5 Å². The highest BCUT2D eigenvalue weighted by molar-refractivity contribution is 6.22. The SMILES string of the molecule is CCN1C[C@]2(COC(=O)c3ccccc3N3C(=O)CC(C)C3=O)CCC(OC)[C@]34[C@@H]5CC6[C@@H](OC)C[C@@](O)([C@H]5[C@H]6OC)[C@@](O)([C@H]13)[C@@H](OC)[C@H]24. The number of carbonyl (C=O) groups excluding carboxylic acids is 3. The van der Waals surface area contributed by atoms with Crippen molar-refractivity contribution in [1.29, 1.82) is 0 Å². The van der Waals surface area contributed by atoms with Crippen molar-refractivity contribution in [1.82, 2.24) is 4.90 Å². The zero-order chi connectivity index (χ0) is 34.8. The molecule has 5 aliphatic carbocycles. The molecule has 2 heterocycles. The zero-order valence-electron chi connectivity index (χ0n) is 29.3. The lowest BCUT2D eigenvalue weighted by molar-refractivity contribution is -0.320. The van der Waals surface area contributed by atoms with E-state index in [9.17, 15) is 24.6 Å². The molecule has 2 N–H and O–H groups in total. The summed E-state index contributed by atoms with van der Waals surface area (Å²) in [5, 5.41) is 26.6. The van der Waals surface area contributed by atoms with Gasteiger partial charge in [0.1, 0.15) is 11.2 Å². The van der Waals surface area contributed by atoms with E-state index in [4.69, 9.17) is 23.7 Å². The van der Waals surface area contributed by atoms with E-state index in [-0.39, 0.29) is 84.5 Å². The quantitative estimate of drug-likeness (QED) is 0.292. The van der Waals surface area contributed by atoms with Crippen LogP contribution in [0.4, 0.5) is 5.69 Å². The Morgan fingerprint density at radius 2 is 1.80 bits per heavy atom. The predicted octanol–water partition coefficient (Wildman–Crippen LogP) is 2.04. The third-order valence-electron chi connectivity index (χ3n) is 14.5. The number of carbonyl (C=O) groups is 3. The number of likely N-dealkylation sites (N-methyl/N-ethyl adjacent to an activating group) is 1. The van der Waals surface area contributed by atoms with Crippen LogP contribution >= 0.6 is 0 Å². The number of para-hydroxylation sites is 1. The highest BCUT2D eigenvalue weighted by Gasteiger charge is 2.91. The van der Waals surface area contributed by atoms with Crippen molar-refractivity contribution in [3.05, 3.63) is 29.8 Å². The molecule has 0 aromatic heterocycles. The molecular formula is C37H50N2O10. The van der Waals surface area contributed by atoms with E-state index < -0.39 is 46.1 Å². The van der Waals surface area contributed by atoms with Gasteiger partial charge in [-0.1, -0.05) is 26.0 Å². The van der Waals surface area contributed by atoms with Crippen molar-refractivity contribution in [2.45, 2.75) is 87.6 Å². The van der Waals surface area contributed by atoms with Crippen LogP contribution in [-0.2, 0) is 33.3 Å². The summed E-state index contributed by atoms with van der Waals surface area (Å²) in [6.45, 7) is 4.95. The molecule has 1 aromatic carbocycles. The monoisotopic (exact) mass is 682 g/mol. The van der Waals surface area contributed by atoms with E-state index in [0.29, 0.717) is 25.9 Å². The van der Waals surface area contributed by atoms with Gasteiger partial charge in [0.05, 0.1) is 48.3 Å². The minimum Gasteiger partial charge on any atom is -0.461 e. The fourth-order valence-electron chi connectivity index (χ4n) is 13.2. The molecule has 7 aliphatic rings. The van der Waals surface area contributed by atoms with E-state index in [0.717, 1.165) is 11.3 Å². The van der Waals surface area contributed by atoms with Crippen LogP contribution in [0.3, 0.4) is 0 Å². The van der Waals surface area contributed by atoms with Gasteiger partial charge in [-0.25, -0.2) is 9.69 Å². The Labute approximate surface area is 287 Å². The van der Waals surface area contributed by atoms with E-state index in [1.165, 1.54) is 0 Å². The molecule has 7 bridgehead atoms. The predicted molar refractivity (Wildman–Crippen MR) is 174 cm³/mol. The number of hydrogen-bond acceptors (Lipinski definition) is 11. The van der Waals surface area contributed by atoms with E-state index in [2.05, 4.69) is 11.8 Å². The van der Waals surface area contributed by atoms with Crippen LogP contribution in [0.1, 0.15) is 56.3 Å². The summed E-state index contributed by atoms with van der Waals surface area (Å²) in [7, 11) is 6.70. The molecule has 2 amide bonds. The summed E-state index contributed by atoms with van der Waals surface area (Å²) >= 11 is 0. The Bertz CT molecular complexity index is 1560. The Morgan fingerprint density at radius 3 is 2.43 bits per heavy atom. The second-order valence-electron chi connectivity index (χ2n) is 16.0. The van der Waals surface area contributed by atoms with Gasteiger partial charge < -0.3 is 33.9 Å². The van der Waals surface area contributed by atoms with Crippen molar-refractivity contribution >= 4 is 23.5 Å². The smallest absolute Gasteiger partial charge is 0.340 e. The molecule has 8 rings (SSSR count). The van der Waals surface area contributed by atoms with Gasteiger partial charge in [0, 0.05) is 82.3 Å². The molecule has 12 nitrogen and oxygen atoms in total. The number of rotatable bonds is 9. The highest BCUT2D eigenvalue weighted by Crippen LogP contribution is 2.80. The topological polar surface area (TPSA) is 144 Å². The van der Waals surface area contributed by atoms with Crippen molar-refractivity contribution in [3.8, 4) is 0 Å². The molecule has 3 unspecified atom stereocenters. The number of imide groups is 1. The van der Waals surface area contributed by atoms with Crippen LogP contribution in [0.5, 0.6) is 0 Å². The molecule has 12 heteroatoms. The third-order valence-corrected chi connectivity index (χ3v) is 14.5. The molecule has 268 valence electrons. The number of nitrogens with zero attached hydrogens (tertiary/aromatic N) is 2. The molecule has 7 fully saturated rings. The summed E-state index contributed by atoms with van der Waals surface area (Å²) in [6.07, 6.45) is 0.813. The van der Waals surface area contributed by atoms with Gasteiger partial charge in [-0.05, 0) is 43.9 Å². The second-order valence-corrected chi connectivity index (χ2v) is 16.0. The Balaban J connectivity index is 1.23. The number of amides is 2. The van der Waals surface area contributed by atoms with E-state index in [1.54, 1.807) is 59.6 Å². The largest absolute Gasteiger partial charge is 0.461 e. The van der Waals surface area contributed by atoms with Gasteiger partial charge in [0.2, 0.25) is 11.8 Å². The van der Waals surface area contributed by atoms with Gasteiger partial charge in [-0.2, -0.15) is 0 Å². The van der Waals surface area contributed by atoms with Crippen molar-refractivity contribution in [2.24, 2.45) is 40.4 Å². The average molecular weight is 683 g/mol. The minimum absolute atomic E-state index is 0.0358. The molecule has 49 heavy (non-hydrogen) atoms. The van der Waals surface area contributed by atoms with Gasteiger partial charge in [0.25, 0.3) is 0 Å². The lowest BCUT2D eigenvalue weighted by Crippen LogP contribution is -2.82. The Kier molecular flexibility index (Phi) is 7.75. The maximum absolute atomic E-state index is 14.1. The standard InChI is InChI=1S/C37H50N2O10/c1-7-38-17-34(18-49-32(42)20-10-8-9-11-23(20)39-26(40)14-19(2)31(39)41)13-12-25(46-4)36-22-15-21-24(45-3)16-35(43,27(22)28(21)47-5)37(44,33(36)38)30(48-6)29(34)36/h8-11,19,21-22,24-25,27-30,33,43-44H,7,12-18H2,1-6H3/t19?,21?,22-,24+,25?,27-,28+,29-,30+,33-,34+,35-,36+,37+/m1/s1. The Hall–Kier alpha value is -2.45. The Morgan fingerprint density at radius 1 is 1.04 bits per heavy atom. The number of fused-ring (bicyclic) bond motifs is 2. The summed E-state index contributed by atoms with van der Waals surface area (Å²) < 4.78 is 31.4. The van der Waals surface area contributed by atoms with Crippen LogP contribution in [0, 0.1) is 40.4 Å². The number of hydrogen-bond donors (Lipinski definition) is 2. The number of likely N-dealkylation sites (tertiary alicyclic amines) is 1. The number of piperidine rings is 1. The molecule has 0 radical (unpaired) electrons. The van der Waals surface area contributed by atoms with Gasteiger partial charge >= 0.3 is 5.97 Å². The van der Waals surface area contributed by atoms with Gasteiger partial charge in [0.15, 0.2) is 0 Å². The maximum Gasteiger partial charge on any atom is 0.340 e. The number of ether oxygens (including phenoxy) is 5. The van der Waals surface area contributed by atoms with Crippen LogP contribution in [0.2, 0.25) is 0 Å². The number of methoxy groups -OCH3 is 4. The first-order chi connectivity index (χ1) is 23.4. The van der Waals surface area contributed by atoms with Crippen LogP contribution < -0.4 is 4.90 Å². The fourth-order valence-corrected chi connectivity index (χ4v) is 13.2. The molecule has 1 spiro atoms. The molecular weight excluding hydrogens is 632 g/mol. The lowest BCUT2D eigenvalue weighted by atomic mass is 9.42. The molecule has 2 saturated heterocycles. The highest BCUT2D eigenvalue weighted by atomic mass is 16.5. The zero-order valence-corrected chi connectivity index (χ0v) is 29.3. The second kappa shape index (κ2) is 11.3. The maximum atomic E-state index is 14.1. The van der Waals surface area contributed by atoms with E-state index in [1.807, 2.05) is 0 Å². The van der Waals surface area contributed by atoms with Crippen LogP contribution in [0.25, 0.3) is 0 Å². The van der Waals surface area contributed by atoms with Crippen molar-refractivity contribution < 1.29 is 48.3 Å². The molecule has 14 atom stereocenters. The first kappa shape index (κ1) is 33.7. The molecule has 1 aromatic rings. The number of benzene rings is 1. The third kappa shape index (κ3) is 3.86. The molecule has 2 aliphatic heterocycles. The lowest BCUT2D eigenvalue weighted by Gasteiger charge is -2.70.